The Kier molecular flexibility index (Phi) is 4.28. The van der Waals surface area contributed by atoms with E-state index in [-0.39, 0.29) is 35.5 Å². The fourth-order valence-corrected chi connectivity index (χ4v) is 6.24. The van der Waals surface area contributed by atoms with Gasteiger partial charge in [0.15, 0.2) is 0 Å². The predicted octanol–water partition coefficient (Wildman–Crippen LogP) is 1.32. The first-order chi connectivity index (χ1) is 9.56. The maximum absolute atomic E-state index is 12.5. The normalized spacial score (nSPS) is 34.1. The van der Waals surface area contributed by atoms with Crippen molar-refractivity contribution in [1.29, 1.82) is 0 Å². The van der Waals surface area contributed by atoms with Crippen molar-refractivity contribution in [3.05, 3.63) is 0 Å². The van der Waals surface area contributed by atoms with Gasteiger partial charge in [-0.05, 0) is 37.0 Å². The molecule has 2 saturated carbocycles. The van der Waals surface area contributed by atoms with Gasteiger partial charge in [0.05, 0.1) is 5.75 Å². The number of carbonyl (C=O) groups excluding carboxylic acids is 1. The van der Waals surface area contributed by atoms with Crippen LogP contribution < -0.4 is 4.72 Å². The molecule has 5 nitrogen and oxygen atoms in total. The number of carbonyl (C=O) groups is 1. The topological polar surface area (TPSA) is 83.5 Å². The first kappa shape index (κ1) is 16.9. The monoisotopic (exact) mass is 317 g/mol. The molecule has 2 fully saturated rings. The Morgan fingerprint density at radius 1 is 1.38 bits per heavy atom. The third-order valence-corrected chi connectivity index (χ3v) is 7.69. The number of Topliss-reactive ketones (excluding diaryl/α,β-unsaturated/α-hetero) is 1. The summed E-state index contributed by atoms with van der Waals surface area (Å²) in [5.74, 6) is 0.150. The summed E-state index contributed by atoms with van der Waals surface area (Å²) in [5, 5.41) is 9.13. The fraction of sp³-hybridized carbons (Fsp3) is 0.933. The molecule has 0 spiro atoms. The lowest BCUT2D eigenvalue weighted by molar-refractivity contribution is -0.128. The van der Waals surface area contributed by atoms with Crippen molar-refractivity contribution >= 4 is 15.8 Å². The lowest BCUT2D eigenvalue weighted by atomic mass is 9.70. The Balaban J connectivity index is 2.18. The van der Waals surface area contributed by atoms with Crippen molar-refractivity contribution in [1.82, 2.24) is 4.72 Å². The smallest absolute Gasteiger partial charge is 0.212 e. The van der Waals surface area contributed by atoms with Crippen LogP contribution in [-0.2, 0) is 14.8 Å². The molecule has 2 aliphatic carbocycles. The van der Waals surface area contributed by atoms with Gasteiger partial charge < -0.3 is 5.11 Å². The lowest BCUT2D eigenvalue weighted by Gasteiger charge is -2.36. The first-order valence-electron chi connectivity index (χ1n) is 7.70. The molecule has 2 N–H and O–H groups in total. The van der Waals surface area contributed by atoms with Crippen molar-refractivity contribution in [2.45, 2.75) is 53.0 Å². The lowest BCUT2D eigenvalue weighted by Crippen LogP contribution is -2.48. The highest BCUT2D eigenvalue weighted by atomic mass is 32.2. The second-order valence-corrected chi connectivity index (χ2v) is 9.25. The molecule has 2 rings (SSSR count). The Labute approximate surface area is 127 Å². The second kappa shape index (κ2) is 5.32. The summed E-state index contributed by atoms with van der Waals surface area (Å²) in [5.41, 5.74) is -0.976. The maximum Gasteiger partial charge on any atom is 0.212 e. The van der Waals surface area contributed by atoms with Gasteiger partial charge in [0, 0.05) is 24.5 Å². The molecular formula is C15H27NO4S. The van der Waals surface area contributed by atoms with Crippen molar-refractivity contribution in [3.8, 4) is 0 Å². The Morgan fingerprint density at radius 2 is 2.00 bits per heavy atom. The zero-order valence-electron chi connectivity index (χ0n) is 13.3. The molecule has 21 heavy (non-hydrogen) atoms. The number of fused-ring (bicyclic) bond motifs is 2. The second-order valence-electron chi connectivity index (χ2n) is 7.49. The van der Waals surface area contributed by atoms with E-state index in [0.29, 0.717) is 18.8 Å². The molecule has 0 amide bonds. The van der Waals surface area contributed by atoms with Gasteiger partial charge in [-0.1, -0.05) is 20.8 Å². The van der Waals surface area contributed by atoms with Gasteiger partial charge in [-0.3, -0.25) is 4.79 Å². The highest BCUT2D eigenvalue weighted by Gasteiger charge is 2.65. The van der Waals surface area contributed by atoms with E-state index in [1.807, 2.05) is 13.8 Å². The number of rotatable bonds is 6. The summed E-state index contributed by atoms with van der Waals surface area (Å²) in [7, 11) is -3.55. The third kappa shape index (κ3) is 2.66. The summed E-state index contributed by atoms with van der Waals surface area (Å²) in [4.78, 5) is 12.4. The van der Waals surface area contributed by atoms with Gasteiger partial charge in [0.2, 0.25) is 10.0 Å². The quantitative estimate of drug-likeness (QED) is 0.774. The van der Waals surface area contributed by atoms with E-state index < -0.39 is 15.4 Å². The van der Waals surface area contributed by atoms with Crippen molar-refractivity contribution < 1.29 is 18.3 Å². The standard InChI is InChI=1S/C15H27NO4S/c1-10(8-17)11(2)16-21(19,20)9-15-6-5-12(7-13(15)18)14(15,3)4/h10-12,16-17H,5-9H2,1-4H3/t10-,11+,12+,15+/m1/s1. The number of hydrogen-bond donors (Lipinski definition) is 2. The van der Waals surface area contributed by atoms with Gasteiger partial charge >= 0.3 is 0 Å². The average molecular weight is 317 g/mol. The summed E-state index contributed by atoms with van der Waals surface area (Å²) < 4.78 is 27.6. The van der Waals surface area contributed by atoms with E-state index in [0.717, 1.165) is 6.42 Å². The number of sulfonamides is 1. The van der Waals surface area contributed by atoms with E-state index >= 15 is 0 Å². The van der Waals surface area contributed by atoms with Crippen molar-refractivity contribution in [3.63, 3.8) is 0 Å². The Hall–Kier alpha value is -0.460. The highest BCUT2D eigenvalue weighted by molar-refractivity contribution is 7.89. The molecule has 122 valence electrons. The van der Waals surface area contributed by atoms with Crippen LogP contribution >= 0.6 is 0 Å². The average Bonchev–Trinajstić information content (AvgIpc) is 2.70. The maximum atomic E-state index is 12.5. The highest BCUT2D eigenvalue weighted by Crippen LogP contribution is 2.64. The zero-order chi connectivity index (χ0) is 16.1. The van der Waals surface area contributed by atoms with Crippen LogP contribution in [-0.4, -0.2) is 37.7 Å². The van der Waals surface area contributed by atoms with Crippen LogP contribution in [0.1, 0.15) is 47.0 Å². The van der Waals surface area contributed by atoms with Crippen LogP contribution in [0.15, 0.2) is 0 Å². The largest absolute Gasteiger partial charge is 0.396 e. The van der Waals surface area contributed by atoms with Crippen LogP contribution in [0.3, 0.4) is 0 Å². The van der Waals surface area contributed by atoms with Gasteiger partial charge in [-0.15, -0.1) is 0 Å². The van der Waals surface area contributed by atoms with Crippen LogP contribution in [0.25, 0.3) is 0 Å². The van der Waals surface area contributed by atoms with E-state index in [2.05, 4.69) is 4.72 Å². The molecule has 0 heterocycles. The SMILES string of the molecule is C[C@H](CO)[C@H](C)NS(=O)(=O)C[C@@]12CC[C@@H](CC1=O)C2(C)C. The molecule has 0 aliphatic heterocycles. The molecule has 6 heteroatoms. The number of aliphatic hydroxyl groups excluding tert-OH is 1. The summed E-state index contributed by atoms with van der Waals surface area (Å²) >= 11 is 0. The van der Waals surface area contributed by atoms with E-state index in [9.17, 15) is 13.2 Å². The minimum absolute atomic E-state index is 0.0681. The molecule has 0 unspecified atom stereocenters. The molecular weight excluding hydrogens is 290 g/mol. The Bertz CT molecular complexity index is 528. The van der Waals surface area contributed by atoms with Crippen LogP contribution in [0, 0.1) is 22.7 Å². The molecule has 0 aromatic carbocycles. The molecule has 0 saturated heterocycles. The third-order valence-electron chi connectivity index (χ3n) is 6.08. The number of ketones is 1. The molecule has 2 bridgehead atoms. The van der Waals surface area contributed by atoms with E-state index in [1.54, 1.807) is 13.8 Å². The summed E-state index contributed by atoms with van der Waals surface area (Å²) in [6, 6.07) is -0.340. The molecule has 2 aliphatic rings. The molecule has 4 atom stereocenters. The molecule has 0 aromatic heterocycles. The number of hydrogen-bond acceptors (Lipinski definition) is 4. The number of aliphatic hydroxyl groups is 1. The summed E-state index contributed by atoms with van der Waals surface area (Å²) in [6.07, 6.45) is 2.14. The molecule has 0 radical (unpaired) electrons. The van der Waals surface area contributed by atoms with Crippen molar-refractivity contribution in [2.75, 3.05) is 12.4 Å². The zero-order valence-corrected chi connectivity index (χ0v) is 14.2. The van der Waals surface area contributed by atoms with Crippen LogP contribution in [0.4, 0.5) is 0 Å². The van der Waals surface area contributed by atoms with Crippen LogP contribution in [0.2, 0.25) is 0 Å². The van der Waals surface area contributed by atoms with Gasteiger partial charge in [0.25, 0.3) is 0 Å². The predicted molar refractivity (Wildman–Crippen MR) is 81.2 cm³/mol. The van der Waals surface area contributed by atoms with E-state index in [1.165, 1.54) is 0 Å². The van der Waals surface area contributed by atoms with Gasteiger partial charge in [-0.25, -0.2) is 13.1 Å². The van der Waals surface area contributed by atoms with Gasteiger partial charge in [0.1, 0.15) is 5.78 Å². The fourth-order valence-electron chi connectivity index (χ4n) is 4.03. The van der Waals surface area contributed by atoms with E-state index in [4.69, 9.17) is 5.11 Å². The minimum Gasteiger partial charge on any atom is -0.396 e. The first-order valence-corrected chi connectivity index (χ1v) is 9.35. The minimum atomic E-state index is -3.55. The molecule has 0 aromatic rings. The summed E-state index contributed by atoms with van der Waals surface area (Å²) in [6.45, 7) is 7.54. The Morgan fingerprint density at radius 3 is 2.43 bits per heavy atom. The van der Waals surface area contributed by atoms with Crippen LogP contribution in [0.5, 0.6) is 0 Å². The number of nitrogens with one attached hydrogen (secondary N) is 1. The van der Waals surface area contributed by atoms with Crippen molar-refractivity contribution in [2.24, 2.45) is 22.7 Å². The van der Waals surface area contributed by atoms with Gasteiger partial charge in [-0.2, -0.15) is 0 Å².